The summed E-state index contributed by atoms with van der Waals surface area (Å²) in [5.41, 5.74) is 1.63. The van der Waals surface area contributed by atoms with Crippen molar-refractivity contribution in [1.29, 1.82) is 0 Å². The van der Waals surface area contributed by atoms with Crippen LogP contribution < -0.4 is 10.9 Å². The summed E-state index contributed by atoms with van der Waals surface area (Å²) in [6.45, 7) is 3.24. The van der Waals surface area contributed by atoms with Gasteiger partial charge in [-0.25, -0.2) is 4.68 Å². The van der Waals surface area contributed by atoms with E-state index < -0.39 is 0 Å². The van der Waals surface area contributed by atoms with Gasteiger partial charge in [0.25, 0.3) is 5.56 Å². The van der Waals surface area contributed by atoms with Crippen molar-refractivity contribution in [2.75, 3.05) is 5.32 Å². The van der Waals surface area contributed by atoms with Gasteiger partial charge in [0.1, 0.15) is 4.47 Å². The van der Waals surface area contributed by atoms with E-state index in [2.05, 4.69) is 31.4 Å². The molecule has 2 rings (SSSR count). The van der Waals surface area contributed by atoms with E-state index in [-0.39, 0.29) is 5.56 Å². The highest BCUT2D eigenvalue weighted by Crippen LogP contribution is 2.17. The Morgan fingerprint density at radius 2 is 2.16 bits per heavy atom. The second kappa shape index (κ2) is 6.01. The first-order valence-electron chi connectivity index (χ1n) is 6.08. The van der Waals surface area contributed by atoms with Gasteiger partial charge in [-0.05, 0) is 22.4 Å². The van der Waals surface area contributed by atoms with E-state index in [1.165, 1.54) is 4.68 Å². The molecule has 0 radical (unpaired) electrons. The summed E-state index contributed by atoms with van der Waals surface area (Å²) in [6.07, 6.45) is 6.25. The van der Waals surface area contributed by atoms with Gasteiger partial charge in [-0.2, -0.15) is 10.2 Å². The average Bonchev–Trinajstić information content (AvgIpc) is 2.80. The molecule has 0 saturated heterocycles. The minimum Gasteiger partial charge on any atom is -0.378 e. The van der Waals surface area contributed by atoms with E-state index in [0.717, 1.165) is 12.0 Å². The highest BCUT2D eigenvalue weighted by atomic mass is 79.9. The van der Waals surface area contributed by atoms with Crippen LogP contribution in [0.4, 0.5) is 5.69 Å². The number of rotatable bonds is 5. The molecule has 6 nitrogen and oxygen atoms in total. The number of anilines is 1. The van der Waals surface area contributed by atoms with Gasteiger partial charge in [-0.15, -0.1) is 0 Å². The SMILES string of the molecule is CCCn1ncc(NCc2cnn(C)c2)c(Br)c1=O. The smallest absolute Gasteiger partial charge is 0.283 e. The van der Waals surface area contributed by atoms with Crippen molar-refractivity contribution in [1.82, 2.24) is 19.6 Å². The number of hydrogen-bond donors (Lipinski definition) is 1. The van der Waals surface area contributed by atoms with E-state index in [9.17, 15) is 4.79 Å². The van der Waals surface area contributed by atoms with Gasteiger partial charge in [0.2, 0.25) is 0 Å². The monoisotopic (exact) mass is 325 g/mol. The number of aromatic nitrogens is 4. The van der Waals surface area contributed by atoms with Gasteiger partial charge in [-0.1, -0.05) is 6.92 Å². The molecular formula is C12H16BrN5O. The number of aryl methyl sites for hydroxylation is 2. The van der Waals surface area contributed by atoms with Crippen LogP contribution in [-0.4, -0.2) is 19.6 Å². The molecule has 0 saturated carbocycles. The van der Waals surface area contributed by atoms with Crippen molar-refractivity contribution >= 4 is 21.6 Å². The Labute approximate surface area is 119 Å². The van der Waals surface area contributed by atoms with Crippen LogP contribution in [0.2, 0.25) is 0 Å². The summed E-state index contributed by atoms with van der Waals surface area (Å²) < 4.78 is 3.71. The summed E-state index contributed by atoms with van der Waals surface area (Å²) >= 11 is 3.32. The lowest BCUT2D eigenvalue weighted by Crippen LogP contribution is -2.24. The fourth-order valence-corrected chi connectivity index (χ4v) is 2.17. The topological polar surface area (TPSA) is 64.7 Å². The van der Waals surface area contributed by atoms with Crippen molar-refractivity contribution < 1.29 is 0 Å². The quantitative estimate of drug-likeness (QED) is 0.909. The molecule has 2 aromatic rings. The van der Waals surface area contributed by atoms with Crippen LogP contribution >= 0.6 is 15.9 Å². The van der Waals surface area contributed by atoms with Crippen LogP contribution in [0.1, 0.15) is 18.9 Å². The fraction of sp³-hybridized carbons (Fsp3) is 0.417. The van der Waals surface area contributed by atoms with Crippen LogP contribution in [0.3, 0.4) is 0 Å². The van der Waals surface area contributed by atoms with E-state index in [0.29, 0.717) is 23.2 Å². The number of nitrogens with one attached hydrogen (secondary N) is 1. The van der Waals surface area contributed by atoms with Crippen LogP contribution in [0.15, 0.2) is 27.9 Å². The molecule has 19 heavy (non-hydrogen) atoms. The third-order valence-electron chi connectivity index (χ3n) is 2.66. The zero-order chi connectivity index (χ0) is 13.8. The molecule has 0 bridgehead atoms. The molecule has 0 atom stereocenters. The van der Waals surface area contributed by atoms with Crippen molar-refractivity contribution in [2.45, 2.75) is 26.4 Å². The van der Waals surface area contributed by atoms with Gasteiger partial charge in [-0.3, -0.25) is 9.48 Å². The summed E-state index contributed by atoms with van der Waals surface area (Å²) in [4.78, 5) is 12.0. The Kier molecular flexibility index (Phi) is 4.36. The molecule has 0 aliphatic rings. The van der Waals surface area contributed by atoms with Crippen molar-refractivity contribution in [3.05, 3.63) is 39.0 Å². The van der Waals surface area contributed by atoms with E-state index in [1.807, 2.05) is 20.2 Å². The van der Waals surface area contributed by atoms with E-state index in [4.69, 9.17) is 0 Å². The van der Waals surface area contributed by atoms with Crippen molar-refractivity contribution in [2.24, 2.45) is 7.05 Å². The van der Waals surface area contributed by atoms with Gasteiger partial charge in [0, 0.05) is 31.9 Å². The van der Waals surface area contributed by atoms with E-state index >= 15 is 0 Å². The lowest BCUT2D eigenvalue weighted by atomic mass is 10.3. The molecule has 2 aromatic heterocycles. The molecule has 0 fully saturated rings. The lowest BCUT2D eigenvalue weighted by molar-refractivity contribution is 0.566. The minimum atomic E-state index is -0.113. The average molecular weight is 326 g/mol. The number of nitrogens with zero attached hydrogens (tertiary/aromatic N) is 4. The first-order chi connectivity index (χ1) is 9.11. The van der Waals surface area contributed by atoms with Crippen molar-refractivity contribution in [3.63, 3.8) is 0 Å². The molecule has 2 heterocycles. The summed E-state index contributed by atoms with van der Waals surface area (Å²) in [5.74, 6) is 0. The molecule has 102 valence electrons. The highest BCUT2D eigenvalue weighted by Gasteiger charge is 2.08. The molecule has 7 heteroatoms. The molecule has 0 unspecified atom stereocenters. The Bertz CT molecular complexity index is 619. The Morgan fingerprint density at radius 3 is 2.79 bits per heavy atom. The van der Waals surface area contributed by atoms with Gasteiger partial charge in [0.15, 0.2) is 0 Å². The van der Waals surface area contributed by atoms with E-state index in [1.54, 1.807) is 17.1 Å². The molecule has 0 aromatic carbocycles. The predicted molar refractivity (Wildman–Crippen MR) is 77.0 cm³/mol. The Balaban J connectivity index is 2.13. The van der Waals surface area contributed by atoms with Crippen molar-refractivity contribution in [3.8, 4) is 0 Å². The first-order valence-corrected chi connectivity index (χ1v) is 6.88. The molecule has 0 amide bonds. The van der Waals surface area contributed by atoms with Crippen LogP contribution in [0.25, 0.3) is 0 Å². The molecule has 0 spiro atoms. The summed E-state index contributed by atoms with van der Waals surface area (Å²) in [6, 6.07) is 0. The second-order valence-corrected chi connectivity index (χ2v) is 5.07. The standard InChI is InChI=1S/C12H16BrN5O/c1-3-4-18-12(19)11(13)10(7-16-18)14-5-9-6-15-17(2)8-9/h6-8,14H,3-5H2,1-2H3. The normalized spacial score (nSPS) is 10.7. The fourth-order valence-electron chi connectivity index (χ4n) is 1.72. The molecular weight excluding hydrogens is 310 g/mol. The summed E-state index contributed by atoms with van der Waals surface area (Å²) in [7, 11) is 1.87. The van der Waals surface area contributed by atoms with Crippen LogP contribution in [0, 0.1) is 0 Å². The largest absolute Gasteiger partial charge is 0.378 e. The zero-order valence-corrected chi connectivity index (χ0v) is 12.5. The number of halogens is 1. The Morgan fingerprint density at radius 1 is 1.37 bits per heavy atom. The summed E-state index contributed by atoms with van der Waals surface area (Å²) in [5, 5.41) is 11.4. The molecule has 0 aliphatic carbocycles. The highest BCUT2D eigenvalue weighted by molar-refractivity contribution is 9.10. The first kappa shape index (κ1) is 13.8. The molecule has 1 N–H and O–H groups in total. The minimum absolute atomic E-state index is 0.113. The zero-order valence-electron chi connectivity index (χ0n) is 10.9. The maximum atomic E-state index is 12.0. The molecule has 0 aliphatic heterocycles. The maximum absolute atomic E-state index is 12.0. The second-order valence-electron chi connectivity index (χ2n) is 4.28. The lowest BCUT2D eigenvalue weighted by Gasteiger charge is -2.09. The maximum Gasteiger partial charge on any atom is 0.283 e. The Hall–Kier alpha value is -1.63. The van der Waals surface area contributed by atoms with Gasteiger partial charge >= 0.3 is 0 Å². The van der Waals surface area contributed by atoms with Crippen LogP contribution in [-0.2, 0) is 20.1 Å². The number of hydrogen-bond acceptors (Lipinski definition) is 4. The van der Waals surface area contributed by atoms with Gasteiger partial charge < -0.3 is 5.32 Å². The van der Waals surface area contributed by atoms with Crippen LogP contribution in [0.5, 0.6) is 0 Å². The predicted octanol–water partition coefficient (Wildman–Crippen LogP) is 1.76. The third kappa shape index (κ3) is 3.23. The van der Waals surface area contributed by atoms with Gasteiger partial charge in [0.05, 0.1) is 18.1 Å². The third-order valence-corrected chi connectivity index (χ3v) is 3.43.